The van der Waals surface area contributed by atoms with Gasteiger partial charge in [0.2, 0.25) is 0 Å². The summed E-state index contributed by atoms with van der Waals surface area (Å²) in [5.74, 6) is 14.2. The second-order valence-electron chi connectivity index (χ2n) is 4.64. The quantitative estimate of drug-likeness (QED) is 0.811. The lowest BCUT2D eigenvalue weighted by atomic mass is 10.2. The van der Waals surface area contributed by atoms with E-state index < -0.39 is 0 Å². The molecule has 2 aromatic carbocycles. The molecular weight excluding hydrogens is 304 g/mol. The number of ether oxygens (including phenoxy) is 4. The Morgan fingerprint density at radius 2 is 0.917 bits per heavy atom. The van der Waals surface area contributed by atoms with Crippen LogP contribution in [0, 0.1) is 23.7 Å². The van der Waals surface area contributed by atoms with Crippen molar-refractivity contribution >= 4 is 0 Å². The van der Waals surface area contributed by atoms with Crippen LogP contribution in [0.5, 0.6) is 23.0 Å². The van der Waals surface area contributed by atoms with Gasteiger partial charge < -0.3 is 18.9 Å². The molecule has 122 valence electrons. The largest absolute Gasteiger partial charge is 0.493 e. The summed E-state index contributed by atoms with van der Waals surface area (Å²) in [4.78, 5) is 0. The molecule has 0 bridgehead atoms. The Morgan fingerprint density at radius 3 is 1.25 bits per heavy atom. The Bertz CT molecular complexity index is 761. The molecule has 0 fully saturated rings. The van der Waals surface area contributed by atoms with E-state index in [1.807, 2.05) is 36.4 Å². The summed E-state index contributed by atoms with van der Waals surface area (Å²) in [5, 5.41) is 0. The summed E-state index contributed by atoms with van der Waals surface area (Å²) in [6, 6.07) is 10.9. The van der Waals surface area contributed by atoms with Crippen molar-refractivity contribution in [2.45, 2.75) is 0 Å². The minimum atomic E-state index is 0.636. The van der Waals surface area contributed by atoms with Gasteiger partial charge in [-0.05, 0) is 48.2 Å². The molecule has 0 heterocycles. The summed E-state index contributed by atoms with van der Waals surface area (Å²) in [7, 11) is 6.37. The van der Waals surface area contributed by atoms with E-state index in [1.165, 1.54) is 0 Å². The van der Waals surface area contributed by atoms with E-state index in [0.717, 1.165) is 11.1 Å². The molecule has 4 heteroatoms. The Morgan fingerprint density at radius 1 is 0.542 bits per heavy atom. The van der Waals surface area contributed by atoms with Gasteiger partial charge in [-0.15, -0.1) is 0 Å². The zero-order chi connectivity index (χ0) is 17.4. The topological polar surface area (TPSA) is 36.9 Å². The van der Waals surface area contributed by atoms with E-state index in [2.05, 4.69) is 23.7 Å². The summed E-state index contributed by atoms with van der Waals surface area (Å²) in [6.45, 7) is 0. The predicted molar refractivity (Wildman–Crippen MR) is 92.8 cm³/mol. The highest BCUT2D eigenvalue weighted by atomic mass is 16.5. The summed E-state index contributed by atoms with van der Waals surface area (Å²) in [5.41, 5.74) is 1.60. The third-order valence-electron chi connectivity index (χ3n) is 3.24. The van der Waals surface area contributed by atoms with Gasteiger partial charge in [-0.2, -0.15) is 0 Å². The van der Waals surface area contributed by atoms with Gasteiger partial charge in [0.25, 0.3) is 0 Å². The van der Waals surface area contributed by atoms with E-state index in [0.29, 0.717) is 23.0 Å². The highest BCUT2D eigenvalue weighted by Crippen LogP contribution is 2.27. The van der Waals surface area contributed by atoms with Crippen LogP contribution in [0.15, 0.2) is 36.4 Å². The molecule has 0 aliphatic heterocycles. The second kappa shape index (κ2) is 8.41. The Balaban J connectivity index is 2.18. The SMILES string of the molecule is COc1ccc(C#CC#Cc2ccc(OC)c(OC)c2)cc1OC. The Hall–Kier alpha value is -3.24. The van der Waals surface area contributed by atoms with Gasteiger partial charge in [-0.25, -0.2) is 0 Å². The molecule has 0 aliphatic rings. The van der Waals surface area contributed by atoms with Crippen molar-refractivity contribution in [2.75, 3.05) is 28.4 Å². The average molecular weight is 322 g/mol. The molecule has 0 N–H and O–H groups in total. The molecule has 2 rings (SSSR count). The highest BCUT2D eigenvalue weighted by Gasteiger charge is 2.03. The van der Waals surface area contributed by atoms with Crippen LogP contribution in [-0.4, -0.2) is 28.4 Å². The van der Waals surface area contributed by atoms with E-state index in [-0.39, 0.29) is 0 Å². The van der Waals surface area contributed by atoms with Crippen molar-refractivity contribution in [1.82, 2.24) is 0 Å². The standard InChI is InChI=1S/C20H18O4/c1-21-17-11-9-15(13-19(17)23-3)7-5-6-8-16-10-12-18(22-2)20(14-16)24-4/h9-14H,1-4H3. The summed E-state index contributed by atoms with van der Waals surface area (Å²) < 4.78 is 20.9. The molecule has 0 atom stereocenters. The summed E-state index contributed by atoms with van der Waals surface area (Å²) in [6.07, 6.45) is 0. The molecule has 0 unspecified atom stereocenters. The van der Waals surface area contributed by atoms with Crippen LogP contribution in [0.1, 0.15) is 11.1 Å². The van der Waals surface area contributed by atoms with Crippen LogP contribution in [0.4, 0.5) is 0 Å². The van der Waals surface area contributed by atoms with E-state index in [4.69, 9.17) is 18.9 Å². The molecule has 0 aliphatic carbocycles. The number of rotatable bonds is 4. The maximum Gasteiger partial charge on any atom is 0.161 e. The van der Waals surface area contributed by atoms with Crippen LogP contribution >= 0.6 is 0 Å². The van der Waals surface area contributed by atoms with Gasteiger partial charge in [0, 0.05) is 11.1 Å². The molecule has 0 spiro atoms. The smallest absolute Gasteiger partial charge is 0.161 e. The van der Waals surface area contributed by atoms with Gasteiger partial charge in [-0.1, -0.05) is 11.8 Å². The van der Waals surface area contributed by atoms with Crippen LogP contribution in [0.25, 0.3) is 0 Å². The second-order valence-corrected chi connectivity index (χ2v) is 4.64. The van der Waals surface area contributed by atoms with Crippen LogP contribution in [0.3, 0.4) is 0 Å². The number of methoxy groups -OCH3 is 4. The van der Waals surface area contributed by atoms with Crippen molar-refractivity contribution in [3.63, 3.8) is 0 Å². The van der Waals surface area contributed by atoms with Gasteiger partial charge in [0.05, 0.1) is 28.4 Å². The van der Waals surface area contributed by atoms with Crippen molar-refractivity contribution < 1.29 is 18.9 Å². The minimum absolute atomic E-state index is 0.636. The van der Waals surface area contributed by atoms with Crippen molar-refractivity contribution in [3.05, 3.63) is 47.5 Å². The monoisotopic (exact) mass is 322 g/mol. The molecule has 0 aromatic heterocycles. The first kappa shape index (κ1) is 17.1. The van der Waals surface area contributed by atoms with E-state index in [1.54, 1.807) is 28.4 Å². The zero-order valence-corrected chi connectivity index (χ0v) is 14.1. The molecule has 24 heavy (non-hydrogen) atoms. The normalized spacial score (nSPS) is 9.00. The number of hydrogen-bond acceptors (Lipinski definition) is 4. The average Bonchev–Trinajstić information content (AvgIpc) is 2.64. The van der Waals surface area contributed by atoms with E-state index >= 15 is 0 Å². The number of benzene rings is 2. The Kier molecular flexibility index (Phi) is 6.00. The molecule has 2 aromatic rings. The fourth-order valence-corrected chi connectivity index (χ4v) is 2.03. The van der Waals surface area contributed by atoms with Gasteiger partial charge in [0.1, 0.15) is 0 Å². The highest BCUT2D eigenvalue weighted by molar-refractivity contribution is 5.52. The third-order valence-corrected chi connectivity index (χ3v) is 3.24. The van der Waals surface area contributed by atoms with Gasteiger partial charge in [-0.3, -0.25) is 0 Å². The lowest BCUT2D eigenvalue weighted by Gasteiger charge is -2.06. The first-order valence-electron chi connectivity index (χ1n) is 7.18. The first-order valence-corrected chi connectivity index (χ1v) is 7.18. The third kappa shape index (κ3) is 4.15. The Labute approximate surface area is 142 Å². The van der Waals surface area contributed by atoms with Crippen molar-refractivity contribution in [2.24, 2.45) is 0 Å². The fraction of sp³-hybridized carbons (Fsp3) is 0.200. The maximum atomic E-state index is 5.25. The van der Waals surface area contributed by atoms with Crippen molar-refractivity contribution in [3.8, 4) is 46.7 Å². The van der Waals surface area contributed by atoms with Crippen LogP contribution in [0.2, 0.25) is 0 Å². The van der Waals surface area contributed by atoms with Crippen LogP contribution in [-0.2, 0) is 0 Å². The van der Waals surface area contributed by atoms with E-state index in [9.17, 15) is 0 Å². The lowest BCUT2D eigenvalue weighted by molar-refractivity contribution is 0.355. The molecule has 4 nitrogen and oxygen atoms in total. The lowest BCUT2D eigenvalue weighted by Crippen LogP contribution is -1.90. The molecule has 0 saturated carbocycles. The molecule has 0 amide bonds. The van der Waals surface area contributed by atoms with Crippen LogP contribution < -0.4 is 18.9 Å². The minimum Gasteiger partial charge on any atom is -0.493 e. The number of hydrogen-bond donors (Lipinski definition) is 0. The van der Waals surface area contributed by atoms with Gasteiger partial charge >= 0.3 is 0 Å². The zero-order valence-electron chi connectivity index (χ0n) is 14.1. The summed E-state index contributed by atoms with van der Waals surface area (Å²) >= 11 is 0. The van der Waals surface area contributed by atoms with Crippen molar-refractivity contribution in [1.29, 1.82) is 0 Å². The van der Waals surface area contributed by atoms with Gasteiger partial charge in [0.15, 0.2) is 23.0 Å². The predicted octanol–water partition coefficient (Wildman–Crippen LogP) is 3.12. The first-order chi connectivity index (χ1) is 11.7. The maximum absolute atomic E-state index is 5.25. The molecule has 0 saturated heterocycles. The fourth-order valence-electron chi connectivity index (χ4n) is 2.03. The molecule has 0 radical (unpaired) electrons. The molecular formula is C20H18O4.